The Balaban J connectivity index is 2.56. The van der Waals surface area contributed by atoms with E-state index in [1.807, 2.05) is 24.3 Å². The lowest BCUT2D eigenvalue weighted by molar-refractivity contribution is 0.769. The van der Waals surface area contributed by atoms with Crippen molar-refractivity contribution in [2.75, 3.05) is 0 Å². The predicted octanol–water partition coefficient (Wildman–Crippen LogP) is 3.35. The molecule has 0 amide bonds. The number of halogens is 1. The molecule has 1 aromatic carbocycles. The van der Waals surface area contributed by atoms with Crippen molar-refractivity contribution in [3.63, 3.8) is 0 Å². The van der Waals surface area contributed by atoms with Crippen molar-refractivity contribution in [3.05, 3.63) is 41.7 Å². The summed E-state index contributed by atoms with van der Waals surface area (Å²) in [5, 5.41) is 0. The van der Waals surface area contributed by atoms with Crippen LogP contribution in [0.5, 0.6) is 0 Å². The van der Waals surface area contributed by atoms with Crippen molar-refractivity contribution in [2.45, 2.75) is 19.9 Å². The molecule has 0 saturated carbocycles. The van der Waals surface area contributed by atoms with E-state index >= 15 is 0 Å². The molecule has 1 heterocycles. The van der Waals surface area contributed by atoms with E-state index in [2.05, 4.69) is 22.5 Å². The van der Waals surface area contributed by atoms with Crippen molar-refractivity contribution in [1.82, 2.24) is 9.55 Å². The highest BCUT2D eigenvalue weighted by molar-refractivity contribution is 6.25. The number of aryl methyl sites for hydroxylation is 1. The number of aromatic nitrogens is 2. The van der Waals surface area contributed by atoms with Gasteiger partial charge in [0.2, 0.25) is 0 Å². The van der Waals surface area contributed by atoms with Crippen molar-refractivity contribution < 1.29 is 0 Å². The molecule has 0 spiro atoms. The Kier molecular flexibility index (Phi) is 3.07. The van der Waals surface area contributed by atoms with E-state index in [-0.39, 0.29) is 0 Å². The molecule has 2 aromatic rings. The van der Waals surface area contributed by atoms with Crippen LogP contribution in [0.2, 0.25) is 0 Å². The van der Waals surface area contributed by atoms with Gasteiger partial charge in [-0.1, -0.05) is 36.7 Å². The maximum Gasteiger partial charge on any atom is 0.109 e. The van der Waals surface area contributed by atoms with Crippen molar-refractivity contribution in [1.29, 1.82) is 0 Å². The summed E-state index contributed by atoms with van der Waals surface area (Å²) in [6, 6.07) is 8.17. The number of hydrogen-bond donors (Lipinski definition) is 0. The number of nitrogens with zero attached hydrogens (tertiary/aromatic N) is 2. The third-order valence-corrected chi connectivity index (χ3v) is 2.61. The fourth-order valence-electron chi connectivity index (χ4n) is 1.74. The van der Waals surface area contributed by atoms with Gasteiger partial charge in [-0.2, -0.15) is 0 Å². The molecule has 0 N–H and O–H groups in total. The topological polar surface area (TPSA) is 17.8 Å². The highest BCUT2D eigenvalue weighted by Gasteiger charge is 2.06. The number of imidazole rings is 1. The van der Waals surface area contributed by atoms with Gasteiger partial charge in [0.1, 0.15) is 5.82 Å². The van der Waals surface area contributed by atoms with Gasteiger partial charge in [-0.3, -0.25) is 0 Å². The summed E-state index contributed by atoms with van der Waals surface area (Å²) in [5.41, 5.74) is 3.77. The molecule has 15 heavy (non-hydrogen) atoms. The molecule has 2 rings (SSSR count). The van der Waals surface area contributed by atoms with Crippen LogP contribution in [0, 0.1) is 0 Å². The quantitative estimate of drug-likeness (QED) is 0.776. The van der Waals surface area contributed by atoms with Crippen molar-refractivity contribution >= 4 is 22.6 Å². The number of allylic oxidation sites excluding steroid dienone is 1. The number of fused-ring (bicyclic) bond motifs is 1. The number of rotatable bonds is 3. The first kappa shape index (κ1) is 10.2. The Morgan fingerprint density at radius 3 is 2.93 bits per heavy atom. The summed E-state index contributed by atoms with van der Waals surface area (Å²) in [6.45, 7) is 2.90. The molecule has 0 aliphatic heterocycles. The van der Waals surface area contributed by atoms with Gasteiger partial charge < -0.3 is 4.57 Å². The first-order valence-electron chi connectivity index (χ1n) is 5.06. The summed E-state index contributed by atoms with van der Waals surface area (Å²) in [7, 11) is 0. The average Bonchev–Trinajstić information content (AvgIpc) is 2.64. The minimum atomic E-state index is 0.785. The molecule has 0 aliphatic rings. The second-order valence-corrected chi connectivity index (χ2v) is 3.59. The highest BCUT2D eigenvalue weighted by Crippen LogP contribution is 2.16. The van der Waals surface area contributed by atoms with E-state index in [1.54, 1.807) is 5.54 Å². The molecule has 0 bridgehead atoms. The largest absolute Gasteiger partial charge is 0.324 e. The molecule has 0 aliphatic carbocycles. The Hall–Kier alpha value is -1.28. The van der Waals surface area contributed by atoms with E-state index in [9.17, 15) is 0 Å². The first-order valence-corrected chi connectivity index (χ1v) is 5.49. The van der Waals surface area contributed by atoms with Gasteiger partial charge in [0.05, 0.1) is 11.0 Å². The second-order valence-electron chi connectivity index (χ2n) is 3.34. The summed E-state index contributed by atoms with van der Waals surface area (Å²) < 4.78 is 2.19. The second kappa shape index (κ2) is 4.49. The summed E-state index contributed by atoms with van der Waals surface area (Å²) >= 11 is 5.55. The zero-order valence-electron chi connectivity index (χ0n) is 8.65. The van der Waals surface area contributed by atoms with E-state index in [1.165, 1.54) is 5.52 Å². The fourth-order valence-corrected chi connectivity index (χ4v) is 1.82. The van der Waals surface area contributed by atoms with E-state index < -0.39 is 0 Å². The molecular weight excluding hydrogens is 208 g/mol. The monoisotopic (exact) mass is 220 g/mol. The Morgan fingerprint density at radius 1 is 1.40 bits per heavy atom. The number of hydrogen-bond acceptors (Lipinski definition) is 1. The SMILES string of the molecule is CCc1nc2ccccc2n1C/C=C/Cl. The van der Waals surface area contributed by atoms with Crippen LogP contribution in [0.3, 0.4) is 0 Å². The van der Waals surface area contributed by atoms with Crippen molar-refractivity contribution in [2.24, 2.45) is 0 Å². The summed E-state index contributed by atoms with van der Waals surface area (Å²) in [5.74, 6) is 1.10. The van der Waals surface area contributed by atoms with Gasteiger partial charge in [-0.05, 0) is 12.1 Å². The lowest BCUT2D eigenvalue weighted by Crippen LogP contribution is -2.00. The minimum Gasteiger partial charge on any atom is -0.324 e. The normalized spacial score (nSPS) is 11.6. The predicted molar refractivity (Wildman–Crippen MR) is 64.1 cm³/mol. The Morgan fingerprint density at radius 2 is 2.20 bits per heavy atom. The molecule has 2 nitrogen and oxygen atoms in total. The lowest BCUT2D eigenvalue weighted by atomic mass is 10.3. The molecule has 0 saturated heterocycles. The van der Waals surface area contributed by atoms with Gasteiger partial charge in [-0.25, -0.2) is 4.98 Å². The smallest absolute Gasteiger partial charge is 0.109 e. The molecule has 3 heteroatoms. The van der Waals surface area contributed by atoms with Gasteiger partial charge in [0.15, 0.2) is 0 Å². The molecule has 0 unspecified atom stereocenters. The molecule has 0 atom stereocenters. The number of benzene rings is 1. The van der Waals surface area contributed by atoms with Gasteiger partial charge >= 0.3 is 0 Å². The Labute approximate surface area is 94.2 Å². The van der Waals surface area contributed by atoms with Gasteiger partial charge in [-0.15, -0.1) is 0 Å². The van der Waals surface area contributed by atoms with Crippen LogP contribution in [-0.4, -0.2) is 9.55 Å². The van der Waals surface area contributed by atoms with Crippen LogP contribution in [0.1, 0.15) is 12.7 Å². The van der Waals surface area contributed by atoms with Gasteiger partial charge in [0, 0.05) is 18.5 Å². The zero-order valence-corrected chi connectivity index (χ0v) is 9.41. The van der Waals surface area contributed by atoms with Crippen LogP contribution in [-0.2, 0) is 13.0 Å². The maximum absolute atomic E-state index is 5.55. The van der Waals surface area contributed by atoms with Crippen LogP contribution in [0.25, 0.3) is 11.0 Å². The van der Waals surface area contributed by atoms with Crippen LogP contribution in [0.15, 0.2) is 35.9 Å². The zero-order chi connectivity index (χ0) is 10.7. The molecular formula is C12H13ClN2. The number of para-hydroxylation sites is 2. The highest BCUT2D eigenvalue weighted by atomic mass is 35.5. The van der Waals surface area contributed by atoms with E-state index in [0.29, 0.717) is 0 Å². The third-order valence-electron chi connectivity index (χ3n) is 2.43. The summed E-state index contributed by atoms with van der Waals surface area (Å²) in [6.07, 6.45) is 2.86. The van der Waals surface area contributed by atoms with E-state index in [4.69, 9.17) is 11.6 Å². The summed E-state index contributed by atoms with van der Waals surface area (Å²) in [4.78, 5) is 4.57. The van der Waals surface area contributed by atoms with Crippen molar-refractivity contribution in [3.8, 4) is 0 Å². The molecule has 1 aromatic heterocycles. The van der Waals surface area contributed by atoms with Crippen LogP contribution in [0.4, 0.5) is 0 Å². The standard InChI is InChI=1S/C12H13ClN2/c1-2-12-14-10-6-3-4-7-11(10)15(12)9-5-8-13/h3-8H,2,9H2,1H3/b8-5+. The molecule has 78 valence electrons. The van der Waals surface area contributed by atoms with Crippen LogP contribution < -0.4 is 0 Å². The van der Waals surface area contributed by atoms with Gasteiger partial charge in [0.25, 0.3) is 0 Å². The lowest BCUT2D eigenvalue weighted by Gasteiger charge is -2.03. The first-order chi connectivity index (χ1) is 7.36. The van der Waals surface area contributed by atoms with E-state index in [0.717, 1.165) is 24.3 Å². The third kappa shape index (κ3) is 1.90. The average molecular weight is 221 g/mol. The van der Waals surface area contributed by atoms with Crippen LogP contribution >= 0.6 is 11.6 Å². The Bertz CT molecular complexity index is 485. The molecule has 0 radical (unpaired) electrons. The molecule has 0 fully saturated rings. The fraction of sp³-hybridized carbons (Fsp3) is 0.250. The maximum atomic E-state index is 5.55. The minimum absolute atomic E-state index is 0.785.